The van der Waals surface area contributed by atoms with Crippen LogP contribution in [0.1, 0.15) is 10.4 Å². The Hall–Kier alpha value is -0.980. The van der Waals surface area contributed by atoms with Crippen molar-refractivity contribution in [3.05, 3.63) is 27.7 Å². The molecule has 0 aliphatic heterocycles. The zero-order valence-corrected chi connectivity index (χ0v) is 11.9. The molecule has 0 saturated heterocycles. The minimum absolute atomic E-state index is 0.0251. The number of rotatable bonds is 4. The van der Waals surface area contributed by atoms with Crippen molar-refractivity contribution >= 4 is 44.6 Å². The fourth-order valence-corrected chi connectivity index (χ4v) is 2.13. The van der Waals surface area contributed by atoms with Gasteiger partial charge >= 0.3 is 0 Å². The summed E-state index contributed by atoms with van der Waals surface area (Å²) < 4.78 is 21.8. The molecule has 0 aliphatic rings. The molecule has 0 atom stereocenters. The summed E-state index contributed by atoms with van der Waals surface area (Å²) in [6.45, 7) is 0.0251. The highest BCUT2D eigenvalue weighted by atomic mass is 35.5. The highest BCUT2D eigenvalue weighted by molar-refractivity contribution is 7.90. The van der Waals surface area contributed by atoms with Crippen molar-refractivity contribution in [2.45, 2.75) is 0 Å². The van der Waals surface area contributed by atoms with Gasteiger partial charge in [0.05, 0.1) is 21.5 Å². The predicted octanol–water partition coefficient (Wildman–Crippen LogP) is 1.35. The highest BCUT2D eigenvalue weighted by Crippen LogP contribution is 2.28. The number of hydrogen-bond acceptors (Lipinski definition) is 4. The van der Waals surface area contributed by atoms with Crippen molar-refractivity contribution < 1.29 is 13.2 Å². The zero-order valence-electron chi connectivity index (χ0n) is 9.54. The molecule has 0 aromatic heterocycles. The van der Waals surface area contributed by atoms with Gasteiger partial charge in [0.15, 0.2) is 0 Å². The third-order valence-corrected chi connectivity index (χ3v) is 3.67. The Kier molecular flexibility index (Phi) is 4.84. The standard InChI is InChI=1S/C10H12Cl2N2O3S/c1-18(16,17)3-2-14-10(15)6-4-7(11)9(13)8(12)5-6/h4-5H,2-3,13H2,1H3,(H,14,15). The molecule has 0 saturated carbocycles. The Morgan fingerprint density at radius 1 is 1.33 bits per heavy atom. The van der Waals surface area contributed by atoms with Gasteiger partial charge in [0.25, 0.3) is 5.91 Å². The highest BCUT2D eigenvalue weighted by Gasteiger charge is 2.11. The van der Waals surface area contributed by atoms with Crippen LogP contribution in [0.2, 0.25) is 10.0 Å². The van der Waals surface area contributed by atoms with Gasteiger partial charge in [-0.2, -0.15) is 0 Å². The van der Waals surface area contributed by atoms with Crippen LogP contribution < -0.4 is 11.1 Å². The second-order valence-electron chi connectivity index (χ2n) is 3.74. The topological polar surface area (TPSA) is 89.3 Å². The van der Waals surface area contributed by atoms with E-state index in [-0.39, 0.29) is 33.6 Å². The average molecular weight is 311 g/mol. The maximum atomic E-state index is 11.7. The molecule has 3 N–H and O–H groups in total. The molecule has 1 aromatic rings. The van der Waals surface area contributed by atoms with E-state index in [9.17, 15) is 13.2 Å². The maximum absolute atomic E-state index is 11.7. The predicted molar refractivity (Wildman–Crippen MR) is 72.9 cm³/mol. The van der Waals surface area contributed by atoms with Crippen LogP contribution in [0, 0.1) is 0 Å². The van der Waals surface area contributed by atoms with Crippen LogP contribution >= 0.6 is 23.2 Å². The van der Waals surface area contributed by atoms with Crippen molar-refractivity contribution in [2.24, 2.45) is 0 Å². The Morgan fingerprint density at radius 3 is 2.28 bits per heavy atom. The molecule has 0 fully saturated rings. The number of amides is 1. The van der Waals surface area contributed by atoms with Gasteiger partial charge in [-0.3, -0.25) is 4.79 Å². The van der Waals surface area contributed by atoms with Gasteiger partial charge in [-0.25, -0.2) is 8.42 Å². The summed E-state index contributed by atoms with van der Waals surface area (Å²) >= 11 is 11.6. The van der Waals surface area contributed by atoms with E-state index in [0.29, 0.717) is 0 Å². The summed E-state index contributed by atoms with van der Waals surface area (Å²) in [6.07, 6.45) is 1.09. The van der Waals surface area contributed by atoms with Crippen molar-refractivity contribution in [1.29, 1.82) is 0 Å². The minimum Gasteiger partial charge on any atom is -0.396 e. The van der Waals surface area contributed by atoms with Gasteiger partial charge in [0.1, 0.15) is 9.84 Å². The lowest BCUT2D eigenvalue weighted by Crippen LogP contribution is -2.28. The van der Waals surface area contributed by atoms with E-state index in [4.69, 9.17) is 28.9 Å². The lowest BCUT2D eigenvalue weighted by atomic mass is 10.2. The molecule has 1 amide bonds. The quantitative estimate of drug-likeness (QED) is 0.821. The lowest BCUT2D eigenvalue weighted by Gasteiger charge is -2.07. The summed E-state index contributed by atoms with van der Waals surface area (Å²) in [5.41, 5.74) is 5.96. The number of hydrogen-bond donors (Lipinski definition) is 2. The SMILES string of the molecule is CS(=O)(=O)CCNC(=O)c1cc(Cl)c(N)c(Cl)c1. The summed E-state index contributed by atoms with van der Waals surface area (Å²) in [7, 11) is -3.11. The first kappa shape index (κ1) is 15.1. The molecule has 1 aromatic carbocycles. The first-order chi connectivity index (χ1) is 8.20. The summed E-state index contributed by atoms with van der Waals surface area (Å²) in [5.74, 6) is -0.586. The van der Waals surface area contributed by atoms with Gasteiger partial charge in [-0.05, 0) is 12.1 Å². The smallest absolute Gasteiger partial charge is 0.251 e. The number of nitrogen functional groups attached to an aromatic ring is 1. The van der Waals surface area contributed by atoms with Crippen molar-refractivity contribution in [3.63, 3.8) is 0 Å². The fraction of sp³-hybridized carbons (Fsp3) is 0.300. The first-order valence-corrected chi connectivity index (χ1v) is 7.73. The van der Waals surface area contributed by atoms with Crippen LogP contribution in [0.15, 0.2) is 12.1 Å². The molecule has 5 nitrogen and oxygen atoms in total. The van der Waals surface area contributed by atoms with E-state index in [1.165, 1.54) is 12.1 Å². The largest absolute Gasteiger partial charge is 0.396 e. The zero-order chi connectivity index (χ0) is 13.9. The van der Waals surface area contributed by atoms with Crippen molar-refractivity contribution in [3.8, 4) is 0 Å². The van der Waals surface area contributed by atoms with Gasteiger partial charge in [0, 0.05) is 18.4 Å². The molecule has 0 bridgehead atoms. The third kappa shape index (κ3) is 4.36. The molecule has 100 valence electrons. The van der Waals surface area contributed by atoms with Crippen LogP contribution in [0.4, 0.5) is 5.69 Å². The lowest BCUT2D eigenvalue weighted by molar-refractivity contribution is 0.0956. The molecular formula is C10H12Cl2N2O3S. The van der Waals surface area contributed by atoms with E-state index in [2.05, 4.69) is 5.32 Å². The van der Waals surface area contributed by atoms with Crippen molar-refractivity contribution in [2.75, 3.05) is 24.3 Å². The van der Waals surface area contributed by atoms with Crippen LogP contribution in [0.25, 0.3) is 0 Å². The van der Waals surface area contributed by atoms with E-state index in [0.717, 1.165) is 6.26 Å². The normalized spacial score (nSPS) is 11.3. The number of benzene rings is 1. The van der Waals surface area contributed by atoms with Gasteiger partial charge in [0.2, 0.25) is 0 Å². The Labute approximate surface area is 115 Å². The molecular weight excluding hydrogens is 299 g/mol. The van der Waals surface area contributed by atoms with Crippen LogP contribution in [-0.4, -0.2) is 32.9 Å². The number of nitrogens with one attached hydrogen (secondary N) is 1. The molecule has 0 radical (unpaired) electrons. The Balaban J connectivity index is 2.74. The monoisotopic (exact) mass is 310 g/mol. The molecule has 1 rings (SSSR count). The fourth-order valence-electron chi connectivity index (χ4n) is 1.17. The summed E-state index contributed by atoms with van der Waals surface area (Å²) in [6, 6.07) is 2.75. The average Bonchev–Trinajstić information content (AvgIpc) is 2.23. The maximum Gasteiger partial charge on any atom is 0.251 e. The molecule has 0 aliphatic carbocycles. The summed E-state index contributed by atoms with van der Waals surface area (Å²) in [5, 5.41) is 2.81. The van der Waals surface area contributed by atoms with E-state index < -0.39 is 15.7 Å². The van der Waals surface area contributed by atoms with E-state index in [1.807, 2.05) is 0 Å². The Bertz CT molecular complexity index is 549. The number of halogens is 2. The van der Waals surface area contributed by atoms with E-state index in [1.54, 1.807) is 0 Å². The van der Waals surface area contributed by atoms with Gasteiger partial charge in [-0.1, -0.05) is 23.2 Å². The second-order valence-corrected chi connectivity index (χ2v) is 6.81. The Morgan fingerprint density at radius 2 is 1.83 bits per heavy atom. The number of carbonyl (C=O) groups excluding carboxylic acids is 1. The number of nitrogens with two attached hydrogens (primary N) is 1. The second kappa shape index (κ2) is 5.77. The molecule has 0 unspecified atom stereocenters. The number of anilines is 1. The molecule has 0 spiro atoms. The number of carbonyl (C=O) groups is 1. The first-order valence-electron chi connectivity index (χ1n) is 4.91. The molecule has 0 heterocycles. The minimum atomic E-state index is -3.11. The van der Waals surface area contributed by atoms with E-state index >= 15 is 0 Å². The van der Waals surface area contributed by atoms with Gasteiger partial charge < -0.3 is 11.1 Å². The molecule has 18 heavy (non-hydrogen) atoms. The van der Waals surface area contributed by atoms with Gasteiger partial charge in [-0.15, -0.1) is 0 Å². The van der Waals surface area contributed by atoms with Crippen LogP contribution in [0.3, 0.4) is 0 Å². The van der Waals surface area contributed by atoms with Crippen molar-refractivity contribution in [1.82, 2.24) is 5.32 Å². The van der Waals surface area contributed by atoms with Crippen LogP contribution in [-0.2, 0) is 9.84 Å². The number of sulfone groups is 1. The molecule has 8 heteroatoms. The third-order valence-electron chi connectivity index (χ3n) is 2.10. The summed E-state index contributed by atoms with van der Waals surface area (Å²) in [4.78, 5) is 11.7. The van der Waals surface area contributed by atoms with Crippen LogP contribution in [0.5, 0.6) is 0 Å².